The summed E-state index contributed by atoms with van der Waals surface area (Å²) in [5.74, 6) is 0.125. The van der Waals surface area contributed by atoms with E-state index >= 15 is 0 Å². The summed E-state index contributed by atoms with van der Waals surface area (Å²) in [5.41, 5.74) is 29.0. The Kier molecular flexibility index (Phi) is 5.73. The van der Waals surface area contributed by atoms with E-state index in [2.05, 4.69) is 38.3 Å². The number of carbonyl (C=O) groups is 1. The molecule has 11 nitrogen and oxygen atoms in total. The molecule has 2 amide bonds. The van der Waals surface area contributed by atoms with Crippen molar-refractivity contribution >= 4 is 41.2 Å². The largest absolute Gasteiger partial charge is 0.375 e. The van der Waals surface area contributed by atoms with E-state index < -0.39 is 6.03 Å². The van der Waals surface area contributed by atoms with Gasteiger partial charge in [0.05, 0.1) is 0 Å². The van der Waals surface area contributed by atoms with Crippen LogP contribution < -0.4 is 39.5 Å². The van der Waals surface area contributed by atoms with Crippen LogP contribution in [-0.4, -0.2) is 26.1 Å². The van der Waals surface area contributed by atoms with Crippen molar-refractivity contribution in [3.05, 3.63) is 0 Å². The molecule has 12 heteroatoms. The Balaban J connectivity index is 0.000000304. The number of nitrogens with zero attached hydrogens (tertiary/aromatic N) is 3. The molecule has 0 bridgehead atoms. The van der Waals surface area contributed by atoms with Crippen molar-refractivity contribution in [3.63, 3.8) is 0 Å². The molecule has 12 N–H and O–H groups in total. The normalized spacial score (nSPS) is 8.47. The number of rotatable bonds is 0. The van der Waals surface area contributed by atoms with E-state index in [1.54, 1.807) is 0 Å². The second-order valence-electron chi connectivity index (χ2n) is 2.39. The maximum atomic E-state index is 9.84. The number of hydrogen-bond donors (Lipinski definition) is 7. The van der Waals surface area contributed by atoms with Gasteiger partial charge < -0.3 is 28.7 Å². The van der Waals surface area contributed by atoms with Crippen molar-refractivity contribution < 1.29 is 4.79 Å². The highest BCUT2D eigenvalue weighted by Gasteiger charge is 1.93. The molecule has 1 heterocycles. The van der Waals surface area contributed by atoms with Gasteiger partial charge >= 0.3 is 6.03 Å². The van der Waals surface area contributed by atoms with Crippen molar-refractivity contribution in [2.45, 2.75) is 0 Å². The molecule has 17 heavy (non-hydrogen) atoms. The van der Waals surface area contributed by atoms with E-state index in [4.69, 9.17) is 22.9 Å². The number of aromatic nitrogens is 3. The van der Waals surface area contributed by atoms with Gasteiger partial charge in [-0.2, -0.15) is 15.0 Å². The molecule has 1 aromatic heterocycles. The zero-order valence-corrected chi connectivity index (χ0v) is 9.36. The summed E-state index contributed by atoms with van der Waals surface area (Å²) in [5, 5.41) is -0.0243. The summed E-state index contributed by atoms with van der Waals surface area (Å²) in [4.78, 5) is 20.3. The third-order valence-electron chi connectivity index (χ3n) is 0.996. The SMILES string of the molecule is NC(=O)NNC(N)=S.Nc1nc(N)nc(N)n1. The van der Waals surface area contributed by atoms with E-state index in [9.17, 15) is 4.79 Å². The van der Waals surface area contributed by atoms with Gasteiger partial charge in [-0.25, -0.2) is 10.2 Å². The molecule has 94 valence electrons. The van der Waals surface area contributed by atoms with Gasteiger partial charge in [0.25, 0.3) is 0 Å². The lowest BCUT2D eigenvalue weighted by Gasteiger charge is -1.99. The topological polar surface area (TPSA) is 210 Å². The monoisotopic (exact) mass is 260 g/mol. The first-order chi connectivity index (χ1) is 7.81. The fourth-order valence-corrected chi connectivity index (χ4v) is 0.601. The Hall–Kier alpha value is -2.63. The van der Waals surface area contributed by atoms with E-state index in [1.807, 2.05) is 5.43 Å². The molecule has 0 saturated carbocycles. The zero-order valence-electron chi connectivity index (χ0n) is 8.54. The lowest BCUT2D eigenvalue weighted by molar-refractivity contribution is 0.247. The standard InChI is InChI=1S/C3H6N6.C2H6N4OS/c4-1-7-2(5)9-3(6)8-1;3-1(7)5-6-2(4)8/h(H6,4,5,6,7,8,9);(H3,3,5,7)(H3,4,6,8). The number of thiocarbonyl (C=S) groups is 1. The van der Waals surface area contributed by atoms with Crippen LogP contribution >= 0.6 is 12.2 Å². The first kappa shape index (κ1) is 14.4. The van der Waals surface area contributed by atoms with Gasteiger partial charge in [0, 0.05) is 0 Å². The van der Waals surface area contributed by atoms with Crippen molar-refractivity contribution in [1.29, 1.82) is 0 Å². The van der Waals surface area contributed by atoms with Crippen molar-refractivity contribution in [3.8, 4) is 0 Å². The maximum absolute atomic E-state index is 9.84. The third kappa shape index (κ3) is 8.37. The quantitative estimate of drug-likeness (QED) is 0.186. The van der Waals surface area contributed by atoms with Gasteiger partial charge in [-0.1, -0.05) is 0 Å². The fourth-order valence-electron chi connectivity index (χ4n) is 0.550. The highest BCUT2D eigenvalue weighted by molar-refractivity contribution is 7.80. The van der Waals surface area contributed by atoms with Gasteiger partial charge in [0.15, 0.2) is 5.11 Å². The molecule has 0 fully saturated rings. The van der Waals surface area contributed by atoms with Crippen LogP contribution in [0.15, 0.2) is 0 Å². The average Bonchev–Trinajstić information content (AvgIpc) is 2.13. The second kappa shape index (κ2) is 6.78. The fraction of sp³-hybridized carbons (Fsp3) is 0. The Bertz CT molecular complexity index is 343. The van der Waals surface area contributed by atoms with Crippen molar-refractivity contribution in [2.75, 3.05) is 17.2 Å². The van der Waals surface area contributed by atoms with Crippen LogP contribution in [0.4, 0.5) is 22.6 Å². The molecule has 0 aliphatic carbocycles. The number of nitrogen functional groups attached to an aromatic ring is 3. The first-order valence-corrected chi connectivity index (χ1v) is 4.35. The second-order valence-corrected chi connectivity index (χ2v) is 2.83. The van der Waals surface area contributed by atoms with Crippen LogP contribution in [0.1, 0.15) is 0 Å². The van der Waals surface area contributed by atoms with Crippen LogP contribution in [0.3, 0.4) is 0 Å². The molecule has 1 aromatic rings. The summed E-state index contributed by atoms with van der Waals surface area (Å²) >= 11 is 4.31. The first-order valence-electron chi connectivity index (χ1n) is 3.94. The molecule has 0 aliphatic rings. The molecule has 0 unspecified atom stereocenters. The van der Waals surface area contributed by atoms with Gasteiger partial charge in [-0.05, 0) is 12.2 Å². The third-order valence-corrected chi connectivity index (χ3v) is 1.10. The minimum absolute atomic E-state index is 0.0243. The Labute approximate surface area is 101 Å². The Morgan fingerprint density at radius 1 is 0.941 bits per heavy atom. The number of carbonyl (C=O) groups excluding carboxylic acids is 1. The number of nitrogens with two attached hydrogens (primary N) is 5. The number of urea groups is 1. The molecule has 0 aromatic carbocycles. The number of nitrogens with one attached hydrogen (secondary N) is 2. The predicted octanol–water partition coefficient (Wildman–Crippen LogP) is -2.98. The zero-order chi connectivity index (χ0) is 13.4. The van der Waals surface area contributed by atoms with Crippen LogP contribution in [0.5, 0.6) is 0 Å². The van der Waals surface area contributed by atoms with E-state index in [-0.39, 0.29) is 23.0 Å². The van der Waals surface area contributed by atoms with Gasteiger partial charge in [0.1, 0.15) is 0 Å². The number of amides is 2. The number of hydrazine groups is 1. The van der Waals surface area contributed by atoms with Crippen molar-refractivity contribution in [2.24, 2.45) is 11.5 Å². The lowest BCUT2D eigenvalue weighted by Crippen LogP contribution is -2.46. The highest BCUT2D eigenvalue weighted by Crippen LogP contribution is 1.97. The molecule has 0 spiro atoms. The van der Waals surface area contributed by atoms with E-state index in [0.29, 0.717) is 0 Å². The number of anilines is 3. The van der Waals surface area contributed by atoms with E-state index in [0.717, 1.165) is 0 Å². The van der Waals surface area contributed by atoms with Crippen molar-refractivity contribution in [1.82, 2.24) is 25.8 Å². The molecule has 0 aliphatic heterocycles. The molecular weight excluding hydrogens is 248 g/mol. The van der Waals surface area contributed by atoms with Crippen LogP contribution in [0.2, 0.25) is 0 Å². The van der Waals surface area contributed by atoms with Crippen LogP contribution in [0, 0.1) is 0 Å². The van der Waals surface area contributed by atoms with Crippen LogP contribution in [0.25, 0.3) is 0 Å². The average molecular weight is 260 g/mol. The summed E-state index contributed by atoms with van der Waals surface area (Å²) < 4.78 is 0. The molecule has 0 atom stereocenters. The highest BCUT2D eigenvalue weighted by atomic mass is 32.1. The summed E-state index contributed by atoms with van der Waals surface area (Å²) in [6.07, 6.45) is 0. The summed E-state index contributed by atoms with van der Waals surface area (Å²) in [7, 11) is 0. The molecular formula is C5H12N10OS. The van der Waals surface area contributed by atoms with Gasteiger partial charge in [-0.15, -0.1) is 0 Å². The number of hydrogen-bond acceptors (Lipinski definition) is 8. The van der Waals surface area contributed by atoms with E-state index in [1.165, 1.54) is 0 Å². The Morgan fingerprint density at radius 3 is 1.47 bits per heavy atom. The van der Waals surface area contributed by atoms with Crippen LogP contribution in [-0.2, 0) is 0 Å². The maximum Gasteiger partial charge on any atom is 0.330 e. The van der Waals surface area contributed by atoms with Gasteiger partial charge in [-0.3, -0.25) is 5.43 Å². The summed E-state index contributed by atoms with van der Waals surface area (Å²) in [6, 6.07) is -0.724. The summed E-state index contributed by atoms with van der Waals surface area (Å²) in [6.45, 7) is 0. The number of primary amides is 1. The minimum atomic E-state index is -0.724. The van der Waals surface area contributed by atoms with Gasteiger partial charge in [0.2, 0.25) is 17.8 Å². The minimum Gasteiger partial charge on any atom is -0.375 e. The molecule has 0 radical (unpaired) electrons. The molecule has 0 saturated heterocycles. The Morgan fingerprint density at radius 2 is 1.29 bits per heavy atom. The molecule has 1 rings (SSSR count). The smallest absolute Gasteiger partial charge is 0.330 e. The predicted molar refractivity (Wildman–Crippen MR) is 65.7 cm³/mol. The lowest BCUT2D eigenvalue weighted by atomic mass is 10.9.